The Kier molecular flexibility index (Phi) is 9.09. The lowest BCUT2D eigenvalue weighted by atomic mass is 10.2. The molecular weight excluding hydrogens is 446 g/mol. The van der Waals surface area contributed by atoms with Crippen LogP contribution in [0.5, 0.6) is 0 Å². The number of nitrogens with one attached hydrogen (secondary N) is 2. The molecule has 3 aromatic rings. The normalized spacial score (nSPS) is 10.6. The summed E-state index contributed by atoms with van der Waals surface area (Å²) in [6, 6.07) is 15.1. The van der Waals surface area contributed by atoms with Gasteiger partial charge in [-0.1, -0.05) is 29.8 Å². The number of anilines is 2. The van der Waals surface area contributed by atoms with Crippen LogP contribution in [0.25, 0.3) is 0 Å². The lowest BCUT2D eigenvalue weighted by Gasteiger charge is -2.09. The SMILES string of the molecule is COCCNC(=O)CSc1ccccc1C(=O)OCc1csc(Nc2ccc(C)cc2)n1. The van der Waals surface area contributed by atoms with Crippen LogP contribution in [0.15, 0.2) is 58.8 Å². The molecule has 0 bridgehead atoms. The molecule has 32 heavy (non-hydrogen) atoms. The maximum Gasteiger partial charge on any atom is 0.339 e. The Morgan fingerprint density at radius 3 is 2.69 bits per heavy atom. The summed E-state index contributed by atoms with van der Waals surface area (Å²) < 4.78 is 10.4. The van der Waals surface area contributed by atoms with Crippen LogP contribution in [-0.4, -0.2) is 42.9 Å². The Bertz CT molecular complexity index is 1040. The summed E-state index contributed by atoms with van der Waals surface area (Å²) in [5.74, 6) is -0.367. The number of esters is 1. The highest BCUT2D eigenvalue weighted by molar-refractivity contribution is 8.00. The van der Waals surface area contributed by atoms with Crippen LogP contribution in [0.4, 0.5) is 10.8 Å². The van der Waals surface area contributed by atoms with Crippen molar-refractivity contribution in [2.24, 2.45) is 0 Å². The zero-order valence-corrected chi connectivity index (χ0v) is 19.6. The van der Waals surface area contributed by atoms with Gasteiger partial charge in [0.2, 0.25) is 5.91 Å². The molecular formula is C23H25N3O4S2. The van der Waals surface area contributed by atoms with Gasteiger partial charge >= 0.3 is 5.97 Å². The van der Waals surface area contributed by atoms with Crippen LogP contribution < -0.4 is 10.6 Å². The molecule has 7 nitrogen and oxygen atoms in total. The van der Waals surface area contributed by atoms with Gasteiger partial charge in [-0.3, -0.25) is 4.79 Å². The van der Waals surface area contributed by atoms with Gasteiger partial charge in [-0.25, -0.2) is 9.78 Å². The number of carbonyl (C=O) groups excluding carboxylic acids is 2. The quantitative estimate of drug-likeness (QED) is 0.243. The first-order chi connectivity index (χ1) is 15.5. The highest BCUT2D eigenvalue weighted by Crippen LogP contribution is 2.25. The molecule has 0 aliphatic rings. The summed E-state index contributed by atoms with van der Waals surface area (Å²) in [6.45, 7) is 3.02. The van der Waals surface area contributed by atoms with Crippen LogP contribution in [-0.2, 0) is 20.9 Å². The first-order valence-electron chi connectivity index (χ1n) is 9.98. The van der Waals surface area contributed by atoms with Crippen molar-refractivity contribution in [2.45, 2.75) is 18.4 Å². The molecule has 0 spiro atoms. The Morgan fingerprint density at radius 2 is 1.91 bits per heavy atom. The number of hydrogen-bond acceptors (Lipinski definition) is 8. The van der Waals surface area contributed by atoms with Gasteiger partial charge < -0.3 is 20.1 Å². The molecule has 168 valence electrons. The minimum absolute atomic E-state index is 0.0708. The standard InChI is InChI=1S/C23H25N3O4S2/c1-16-7-9-17(10-8-16)25-23-26-18(14-32-23)13-30-22(28)19-5-3-4-6-20(19)31-15-21(27)24-11-12-29-2/h3-10,14H,11-13,15H2,1-2H3,(H,24,27)(H,25,26). The zero-order valence-electron chi connectivity index (χ0n) is 17.9. The van der Waals surface area contributed by atoms with Crippen molar-refractivity contribution in [3.05, 3.63) is 70.7 Å². The summed E-state index contributed by atoms with van der Waals surface area (Å²) in [4.78, 5) is 29.7. The van der Waals surface area contributed by atoms with Crippen molar-refractivity contribution < 1.29 is 19.1 Å². The second-order valence-electron chi connectivity index (χ2n) is 6.84. The lowest BCUT2D eigenvalue weighted by molar-refractivity contribution is -0.118. The molecule has 2 aromatic carbocycles. The summed E-state index contributed by atoms with van der Waals surface area (Å²) in [6.07, 6.45) is 0. The largest absolute Gasteiger partial charge is 0.456 e. The summed E-state index contributed by atoms with van der Waals surface area (Å²) in [5.41, 5.74) is 3.23. The van der Waals surface area contributed by atoms with Crippen molar-refractivity contribution in [3.63, 3.8) is 0 Å². The number of methoxy groups -OCH3 is 1. The molecule has 0 saturated carbocycles. The molecule has 0 fully saturated rings. The summed E-state index contributed by atoms with van der Waals surface area (Å²) >= 11 is 2.74. The minimum Gasteiger partial charge on any atom is -0.456 e. The molecule has 1 aromatic heterocycles. The molecule has 0 aliphatic carbocycles. The Hall–Kier alpha value is -2.88. The van der Waals surface area contributed by atoms with E-state index in [1.54, 1.807) is 25.3 Å². The van der Waals surface area contributed by atoms with Gasteiger partial charge in [0, 0.05) is 29.6 Å². The monoisotopic (exact) mass is 471 g/mol. The van der Waals surface area contributed by atoms with Crippen molar-refractivity contribution in [1.29, 1.82) is 0 Å². The highest BCUT2D eigenvalue weighted by Gasteiger charge is 2.15. The Balaban J connectivity index is 1.52. The van der Waals surface area contributed by atoms with Gasteiger partial charge in [0.1, 0.15) is 6.61 Å². The van der Waals surface area contributed by atoms with Crippen LogP contribution in [0.2, 0.25) is 0 Å². The molecule has 1 heterocycles. The van der Waals surface area contributed by atoms with E-state index in [0.29, 0.717) is 29.3 Å². The molecule has 0 unspecified atom stereocenters. The number of carbonyl (C=O) groups is 2. The first kappa shape index (κ1) is 23.8. The molecule has 0 aliphatic heterocycles. The number of aromatic nitrogens is 1. The number of rotatable bonds is 11. The van der Waals surface area contributed by atoms with Gasteiger partial charge in [-0.2, -0.15) is 0 Å². The first-order valence-corrected chi connectivity index (χ1v) is 11.8. The third-order valence-corrected chi connectivity index (χ3v) is 6.18. The van der Waals surface area contributed by atoms with Crippen LogP contribution in [0.1, 0.15) is 21.6 Å². The van der Waals surface area contributed by atoms with E-state index in [9.17, 15) is 9.59 Å². The Labute approximate surface area is 195 Å². The maximum absolute atomic E-state index is 12.6. The van der Waals surface area contributed by atoms with Gasteiger partial charge in [0.05, 0.1) is 23.6 Å². The van der Waals surface area contributed by atoms with Crippen LogP contribution in [0, 0.1) is 6.92 Å². The number of nitrogens with zero attached hydrogens (tertiary/aromatic N) is 1. The second kappa shape index (κ2) is 12.2. The summed E-state index contributed by atoms with van der Waals surface area (Å²) in [7, 11) is 1.58. The fourth-order valence-corrected chi connectivity index (χ4v) is 4.24. The number of ether oxygens (including phenoxy) is 2. The predicted molar refractivity (Wildman–Crippen MR) is 128 cm³/mol. The van der Waals surface area contributed by atoms with E-state index >= 15 is 0 Å². The molecule has 3 rings (SSSR count). The number of benzene rings is 2. The van der Waals surface area contributed by atoms with E-state index in [1.165, 1.54) is 28.7 Å². The van der Waals surface area contributed by atoms with Crippen LogP contribution in [0.3, 0.4) is 0 Å². The predicted octanol–water partition coefficient (Wildman–Crippen LogP) is 4.41. The second-order valence-corrected chi connectivity index (χ2v) is 8.71. The number of aryl methyl sites for hydroxylation is 1. The molecule has 1 amide bonds. The van der Waals surface area contributed by atoms with E-state index < -0.39 is 5.97 Å². The number of thiazole rings is 1. The zero-order chi connectivity index (χ0) is 22.8. The number of thioether (sulfide) groups is 1. The van der Waals surface area contributed by atoms with E-state index in [4.69, 9.17) is 9.47 Å². The van der Waals surface area contributed by atoms with Crippen molar-refractivity contribution >= 4 is 45.8 Å². The molecule has 2 N–H and O–H groups in total. The summed E-state index contributed by atoms with van der Waals surface area (Å²) in [5, 5.41) is 8.59. The van der Waals surface area contributed by atoms with Crippen molar-refractivity contribution in [1.82, 2.24) is 10.3 Å². The molecule has 0 atom stereocenters. The van der Waals surface area contributed by atoms with E-state index in [0.717, 1.165) is 10.8 Å². The molecule has 9 heteroatoms. The number of amides is 1. The fourth-order valence-electron chi connectivity index (χ4n) is 2.66. The van der Waals surface area contributed by atoms with E-state index in [2.05, 4.69) is 15.6 Å². The highest BCUT2D eigenvalue weighted by atomic mass is 32.2. The smallest absolute Gasteiger partial charge is 0.339 e. The van der Waals surface area contributed by atoms with Gasteiger partial charge in [0.15, 0.2) is 5.13 Å². The van der Waals surface area contributed by atoms with Gasteiger partial charge in [-0.15, -0.1) is 23.1 Å². The fraction of sp³-hybridized carbons (Fsp3) is 0.261. The van der Waals surface area contributed by atoms with Gasteiger partial charge in [0.25, 0.3) is 0 Å². The minimum atomic E-state index is -0.450. The topological polar surface area (TPSA) is 89.5 Å². The number of hydrogen-bond donors (Lipinski definition) is 2. The average Bonchev–Trinajstić information content (AvgIpc) is 3.25. The van der Waals surface area contributed by atoms with Gasteiger partial charge in [-0.05, 0) is 31.2 Å². The van der Waals surface area contributed by atoms with E-state index in [-0.39, 0.29) is 18.3 Å². The third kappa shape index (κ3) is 7.37. The average molecular weight is 472 g/mol. The van der Waals surface area contributed by atoms with Crippen molar-refractivity contribution in [2.75, 3.05) is 31.3 Å². The Morgan fingerprint density at radius 1 is 1.12 bits per heavy atom. The van der Waals surface area contributed by atoms with Crippen LogP contribution >= 0.6 is 23.1 Å². The van der Waals surface area contributed by atoms with E-state index in [1.807, 2.05) is 42.6 Å². The lowest BCUT2D eigenvalue weighted by Crippen LogP contribution is -2.28. The van der Waals surface area contributed by atoms with Crippen molar-refractivity contribution in [3.8, 4) is 0 Å². The third-order valence-electron chi connectivity index (χ3n) is 4.30. The molecule has 0 saturated heterocycles. The molecule has 0 radical (unpaired) electrons. The maximum atomic E-state index is 12.6.